The van der Waals surface area contributed by atoms with Crippen LogP contribution in [-0.4, -0.2) is 29.8 Å². The minimum absolute atomic E-state index is 0.00356. The third-order valence-corrected chi connectivity index (χ3v) is 6.05. The molecule has 2 aromatic carbocycles. The predicted octanol–water partition coefficient (Wildman–Crippen LogP) is 7.54. The summed E-state index contributed by atoms with van der Waals surface area (Å²) in [6.45, 7) is 9.24. The summed E-state index contributed by atoms with van der Waals surface area (Å²) in [6.07, 6.45) is -1.01. The molecule has 0 saturated heterocycles. The summed E-state index contributed by atoms with van der Waals surface area (Å²) in [7, 11) is 0. The first-order chi connectivity index (χ1) is 17.2. The van der Waals surface area contributed by atoms with E-state index < -0.39 is 23.9 Å². The number of alkyl halides is 3. The summed E-state index contributed by atoms with van der Waals surface area (Å²) >= 11 is 6.11. The van der Waals surface area contributed by atoms with E-state index >= 15 is 0 Å². The summed E-state index contributed by atoms with van der Waals surface area (Å²) in [6, 6.07) is 11.1. The zero-order chi connectivity index (χ0) is 27.1. The van der Waals surface area contributed by atoms with Crippen LogP contribution in [0.25, 0.3) is 5.57 Å². The van der Waals surface area contributed by atoms with Gasteiger partial charge in [-0.2, -0.15) is 0 Å². The molecule has 5 nitrogen and oxygen atoms in total. The van der Waals surface area contributed by atoms with Crippen molar-refractivity contribution in [3.05, 3.63) is 76.5 Å². The lowest BCUT2D eigenvalue weighted by Crippen LogP contribution is -2.39. The van der Waals surface area contributed by atoms with E-state index in [0.29, 0.717) is 27.7 Å². The summed E-state index contributed by atoms with van der Waals surface area (Å²) < 4.78 is 49.1. The van der Waals surface area contributed by atoms with Crippen molar-refractivity contribution < 1.29 is 27.4 Å². The van der Waals surface area contributed by atoms with Crippen LogP contribution in [0.5, 0.6) is 5.75 Å². The second-order valence-electron chi connectivity index (χ2n) is 10.1. The molecule has 9 heteroatoms. The highest BCUT2D eigenvalue weighted by atomic mass is 35.5. The predicted molar refractivity (Wildman–Crippen MR) is 139 cm³/mol. The van der Waals surface area contributed by atoms with Gasteiger partial charge >= 0.3 is 12.3 Å². The molecule has 0 bridgehead atoms. The number of halogens is 4. The van der Waals surface area contributed by atoms with Crippen LogP contribution in [0, 0.1) is 5.92 Å². The second kappa shape index (κ2) is 9.89. The van der Waals surface area contributed by atoms with Crippen LogP contribution in [0.15, 0.2) is 65.3 Å². The van der Waals surface area contributed by atoms with Crippen molar-refractivity contribution in [3.8, 4) is 5.75 Å². The molecule has 0 aliphatic carbocycles. The van der Waals surface area contributed by atoms with E-state index in [1.807, 2.05) is 30.9 Å². The number of hydrogen-bond acceptors (Lipinski definition) is 5. The number of carbonyl (C=O) groups excluding carboxylic acids is 1. The van der Waals surface area contributed by atoms with Crippen LogP contribution < -0.4 is 9.64 Å². The number of allylic oxidation sites excluding steroid dienone is 1. The molecule has 0 fully saturated rings. The van der Waals surface area contributed by atoms with Gasteiger partial charge in [-0.05, 0) is 82.2 Å². The molecule has 0 aromatic heterocycles. The number of anilines is 1. The first-order valence-electron chi connectivity index (χ1n) is 11.9. The van der Waals surface area contributed by atoms with Gasteiger partial charge in [-0.1, -0.05) is 29.8 Å². The molecule has 37 heavy (non-hydrogen) atoms. The second-order valence-corrected chi connectivity index (χ2v) is 10.5. The Morgan fingerprint density at radius 3 is 2.38 bits per heavy atom. The Morgan fingerprint density at radius 2 is 1.76 bits per heavy atom. The number of rotatable bonds is 4. The Morgan fingerprint density at radius 1 is 1.08 bits per heavy atom. The van der Waals surface area contributed by atoms with Crippen LogP contribution in [0.1, 0.15) is 52.2 Å². The maximum absolute atomic E-state index is 13.1. The van der Waals surface area contributed by atoms with Crippen LogP contribution in [-0.2, 0) is 9.53 Å². The van der Waals surface area contributed by atoms with Gasteiger partial charge in [-0.15, -0.1) is 13.2 Å². The third kappa shape index (κ3) is 6.36. The number of carbonyl (C=O) groups is 1. The Hall–Kier alpha value is -3.26. The lowest BCUT2D eigenvalue weighted by molar-refractivity contribution is -0.274. The number of amidine groups is 1. The molecule has 0 N–H and O–H groups in total. The van der Waals surface area contributed by atoms with Crippen LogP contribution >= 0.6 is 11.6 Å². The van der Waals surface area contributed by atoms with Crippen molar-refractivity contribution >= 4 is 34.7 Å². The molecule has 0 saturated carbocycles. The number of fused-ring (bicyclic) bond motifs is 3. The number of nitrogens with zero attached hydrogens (tertiary/aromatic N) is 2. The van der Waals surface area contributed by atoms with Gasteiger partial charge < -0.3 is 14.4 Å². The van der Waals surface area contributed by atoms with E-state index in [9.17, 15) is 18.0 Å². The highest BCUT2D eigenvalue weighted by molar-refractivity contribution is 6.30. The first kappa shape index (κ1) is 26.8. The third-order valence-electron chi connectivity index (χ3n) is 5.79. The Balaban J connectivity index is 1.93. The van der Waals surface area contributed by atoms with E-state index in [1.165, 1.54) is 12.1 Å². The van der Waals surface area contributed by atoms with E-state index in [0.717, 1.165) is 11.3 Å². The molecule has 2 unspecified atom stereocenters. The monoisotopic (exact) mass is 532 g/mol. The van der Waals surface area contributed by atoms with Gasteiger partial charge in [0.15, 0.2) is 0 Å². The zero-order valence-electron chi connectivity index (χ0n) is 21.2. The SMILES string of the molecule is CC1=CC(C)N=C2C(CC(=O)OC(C)(C)C)C=C(c3ccc(Cl)cc3)c3cc(OC(F)(F)F)ccc3N12. The van der Waals surface area contributed by atoms with Crippen LogP contribution in [0.2, 0.25) is 5.02 Å². The molecular formula is C28H28ClF3N2O3. The topological polar surface area (TPSA) is 51.1 Å². The van der Waals surface area contributed by atoms with E-state index in [4.69, 9.17) is 21.3 Å². The molecule has 4 rings (SSSR count). The minimum atomic E-state index is -4.84. The Bertz CT molecular complexity index is 1290. The zero-order valence-corrected chi connectivity index (χ0v) is 21.9. The van der Waals surface area contributed by atoms with Crippen LogP contribution in [0.3, 0.4) is 0 Å². The van der Waals surface area contributed by atoms with Gasteiger partial charge in [0.25, 0.3) is 0 Å². The Labute approximate surface area is 219 Å². The first-order valence-corrected chi connectivity index (χ1v) is 12.2. The van der Waals surface area contributed by atoms with Gasteiger partial charge in [0.1, 0.15) is 17.2 Å². The van der Waals surface area contributed by atoms with Crippen molar-refractivity contribution in [3.63, 3.8) is 0 Å². The lowest BCUT2D eigenvalue weighted by atomic mass is 9.92. The maximum Gasteiger partial charge on any atom is 0.573 e. The number of esters is 1. The van der Waals surface area contributed by atoms with Crippen molar-refractivity contribution in [1.29, 1.82) is 0 Å². The fraction of sp³-hybridized carbons (Fsp3) is 0.357. The number of aliphatic imine (C=N–C) groups is 1. The molecule has 0 radical (unpaired) electrons. The lowest BCUT2D eigenvalue weighted by Gasteiger charge is -2.34. The quantitative estimate of drug-likeness (QED) is 0.382. The minimum Gasteiger partial charge on any atom is -0.460 e. The Kier molecular flexibility index (Phi) is 7.16. The highest BCUT2D eigenvalue weighted by Crippen LogP contribution is 2.43. The highest BCUT2D eigenvalue weighted by Gasteiger charge is 2.36. The average Bonchev–Trinajstić information content (AvgIpc) is 2.87. The molecular weight excluding hydrogens is 505 g/mol. The smallest absolute Gasteiger partial charge is 0.460 e. The fourth-order valence-electron chi connectivity index (χ4n) is 4.57. The molecule has 196 valence electrons. The summed E-state index contributed by atoms with van der Waals surface area (Å²) in [5.41, 5.74) is 2.66. The fourth-order valence-corrected chi connectivity index (χ4v) is 4.69. The van der Waals surface area contributed by atoms with Gasteiger partial charge in [0.05, 0.1) is 18.2 Å². The van der Waals surface area contributed by atoms with Gasteiger partial charge in [0, 0.05) is 22.2 Å². The van der Waals surface area contributed by atoms with Crippen molar-refractivity contribution in [2.75, 3.05) is 4.90 Å². The number of hydrogen-bond donors (Lipinski definition) is 0. The normalized spacial score (nSPS) is 19.6. The summed E-state index contributed by atoms with van der Waals surface area (Å²) in [5.74, 6) is -0.639. The summed E-state index contributed by atoms with van der Waals surface area (Å²) in [4.78, 5) is 19.7. The molecule has 2 aromatic rings. The largest absolute Gasteiger partial charge is 0.573 e. The number of ether oxygens (including phenoxy) is 2. The van der Waals surface area contributed by atoms with Gasteiger partial charge in [-0.3, -0.25) is 9.79 Å². The van der Waals surface area contributed by atoms with Gasteiger partial charge in [0.2, 0.25) is 0 Å². The van der Waals surface area contributed by atoms with E-state index in [2.05, 4.69) is 4.74 Å². The van der Waals surface area contributed by atoms with E-state index in [1.54, 1.807) is 51.1 Å². The van der Waals surface area contributed by atoms with Crippen LogP contribution in [0.4, 0.5) is 18.9 Å². The molecule has 2 aliphatic rings. The molecule has 2 heterocycles. The standard InChI is InChI=1S/C28H28ClF3N2O3/c1-16-12-17(2)34-24-11-10-21(36-28(30,31)32)15-23(24)22(18-6-8-20(29)9-7-18)13-19(26(34)33-16)14-25(35)37-27(3,4)5/h6-13,15-16,19H,14H2,1-5H3. The maximum atomic E-state index is 13.1. The van der Waals surface area contributed by atoms with Gasteiger partial charge in [-0.25, -0.2) is 0 Å². The van der Waals surface area contributed by atoms with Crippen molar-refractivity contribution in [2.45, 2.75) is 59.0 Å². The average molecular weight is 533 g/mol. The summed E-state index contributed by atoms with van der Waals surface area (Å²) in [5, 5.41) is 0.520. The van der Waals surface area contributed by atoms with Crippen molar-refractivity contribution in [2.24, 2.45) is 10.9 Å². The molecule has 0 spiro atoms. The number of benzene rings is 2. The molecule has 2 aliphatic heterocycles. The van der Waals surface area contributed by atoms with E-state index in [-0.39, 0.29) is 18.2 Å². The molecule has 0 amide bonds. The van der Waals surface area contributed by atoms with Crippen molar-refractivity contribution in [1.82, 2.24) is 0 Å². The molecule has 2 atom stereocenters.